The zero-order valence-corrected chi connectivity index (χ0v) is 13.1. The van der Waals surface area contributed by atoms with Gasteiger partial charge in [-0.2, -0.15) is 0 Å². The molecular weight excluding hydrogens is 277 g/mol. The van der Waals surface area contributed by atoms with Crippen molar-refractivity contribution in [1.29, 1.82) is 0 Å². The van der Waals surface area contributed by atoms with Crippen LogP contribution in [0, 0.1) is 12.7 Å². The molecule has 0 N–H and O–H groups in total. The summed E-state index contributed by atoms with van der Waals surface area (Å²) in [6.07, 6.45) is 0. The van der Waals surface area contributed by atoms with E-state index in [9.17, 15) is 4.39 Å². The third-order valence-electron chi connectivity index (χ3n) is 3.84. The maximum Gasteiger partial charge on any atom is 0.128 e. The van der Waals surface area contributed by atoms with E-state index in [-0.39, 0.29) is 5.82 Å². The van der Waals surface area contributed by atoms with Crippen LogP contribution in [0.4, 0.5) is 4.39 Å². The third-order valence-corrected chi connectivity index (χ3v) is 3.84. The van der Waals surface area contributed by atoms with Gasteiger partial charge in [0.05, 0.1) is 11.2 Å². The zero-order chi connectivity index (χ0) is 15.7. The molecule has 0 radical (unpaired) electrons. The molecule has 114 valence electrons. The minimum Gasteiger partial charge on any atom is -0.487 e. The normalized spacial score (nSPS) is 11.3. The maximum atomic E-state index is 13.2. The number of nitrogens with zero attached hydrogens (tertiary/aromatic N) is 1. The third kappa shape index (κ3) is 2.71. The van der Waals surface area contributed by atoms with Crippen molar-refractivity contribution in [2.45, 2.75) is 33.4 Å². The number of rotatable bonds is 4. The Morgan fingerprint density at radius 3 is 2.59 bits per heavy atom. The Morgan fingerprint density at radius 1 is 1.09 bits per heavy atom. The summed E-state index contributed by atoms with van der Waals surface area (Å²) in [7, 11) is 0. The van der Waals surface area contributed by atoms with E-state index in [0.717, 1.165) is 5.69 Å². The molecule has 0 aliphatic heterocycles. The summed E-state index contributed by atoms with van der Waals surface area (Å²) in [5.41, 5.74) is 3.60. The van der Waals surface area contributed by atoms with E-state index in [2.05, 4.69) is 49.6 Å². The van der Waals surface area contributed by atoms with E-state index in [4.69, 9.17) is 4.74 Å². The van der Waals surface area contributed by atoms with Gasteiger partial charge in [0.25, 0.3) is 0 Å². The molecule has 0 saturated heterocycles. The summed E-state index contributed by atoms with van der Waals surface area (Å²) in [6.45, 7) is 6.88. The van der Waals surface area contributed by atoms with Crippen LogP contribution >= 0.6 is 0 Å². The topological polar surface area (TPSA) is 14.2 Å². The van der Waals surface area contributed by atoms with Gasteiger partial charge in [-0.05, 0) is 44.5 Å². The SMILES string of the molecule is Cc1cccc2cc(COc3cccc(F)c3)n(C(C)C)c12. The van der Waals surface area contributed by atoms with Crippen LogP contribution in [-0.2, 0) is 6.61 Å². The predicted molar refractivity (Wildman–Crippen MR) is 87.8 cm³/mol. The van der Waals surface area contributed by atoms with E-state index >= 15 is 0 Å². The summed E-state index contributed by atoms with van der Waals surface area (Å²) in [4.78, 5) is 0. The van der Waals surface area contributed by atoms with Crippen LogP contribution in [0.15, 0.2) is 48.5 Å². The van der Waals surface area contributed by atoms with Gasteiger partial charge in [0.1, 0.15) is 18.2 Å². The molecule has 1 heterocycles. The second-order valence-corrected chi connectivity index (χ2v) is 5.86. The molecule has 0 amide bonds. The first-order valence-corrected chi connectivity index (χ1v) is 7.54. The lowest BCUT2D eigenvalue weighted by Gasteiger charge is -2.16. The van der Waals surface area contributed by atoms with Gasteiger partial charge in [0.2, 0.25) is 0 Å². The summed E-state index contributed by atoms with van der Waals surface area (Å²) in [5, 5.41) is 1.21. The number of aromatic nitrogens is 1. The molecule has 3 heteroatoms. The summed E-state index contributed by atoms with van der Waals surface area (Å²) < 4.78 is 21.3. The van der Waals surface area contributed by atoms with Crippen LogP contribution in [0.3, 0.4) is 0 Å². The average Bonchev–Trinajstić information content (AvgIpc) is 2.85. The highest BCUT2D eigenvalue weighted by Crippen LogP contribution is 2.27. The zero-order valence-electron chi connectivity index (χ0n) is 13.1. The lowest BCUT2D eigenvalue weighted by molar-refractivity contribution is 0.291. The fourth-order valence-electron chi connectivity index (χ4n) is 2.93. The lowest BCUT2D eigenvalue weighted by atomic mass is 10.1. The van der Waals surface area contributed by atoms with Crippen LogP contribution < -0.4 is 4.74 Å². The first-order valence-electron chi connectivity index (χ1n) is 7.54. The number of ether oxygens (including phenoxy) is 1. The van der Waals surface area contributed by atoms with Gasteiger partial charge < -0.3 is 9.30 Å². The summed E-state index contributed by atoms with van der Waals surface area (Å²) in [6, 6.07) is 15.1. The Kier molecular flexibility index (Phi) is 3.88. The number of halogens is 1. The highest BCUT2D eigenvalue weighted by Gasteiger charge is 2.13. The minimum absolute atomic E-state index is 0.280. The highest BCUT2D eigenvalue weighted by molar-refractivity contribution is 5.84. The smallest absolute Gasteiger partial charge is 0.128 e. The first kappa shape index (κ1) is 14.6. The molecule has 2 nitrogen and oxygen atoms in total. The molecule has 0 saturated carbocycles. The lowest BCUT2D eigenvalue weighted by Crippen LogP contribution is -2.08. The number of hydrogen-bond donors (Lipinski definition) is 0. The molecular formula is C19H20FNO. The molecule has 0 aliphatic rings. The average molecular weight is 297 g/mol. The van der Waals surface area contributed by atoms with Gasteiger partial charge in [-0.3, -0.25) is 0 Å². The Morgan fingerprint density at radius 2 is 1.86 bits per heavy atom. The molecule has 0 aliphatic carbocycles. The number of benzene rings is 2. The second kappa shape index (κ2) is 5.84. The van der Waals surface area contributed by atoms with Crippen molar-refractivity contribution in [3.05, 3.63) is 65.6 Å². The van der Waals surface area contributed by atoms with E-state index in [0.29, 0.717) is 18.4 Å². The number of aryl methyl sites for hydroxylation is 1. The van der Waals surface area contributed by atoms with Crippen molar-refractivity contribution < 1.29 is 9.13 Å². The van der Waals surface area contributed by atoms with Crippen molar-refractivity contribution in [3.63, 3.8) is 0 Å². The Balaban J connectivity index is 1.96. The monoisotopic (exact) mass is 297 g/mol. The van der Waals surface area contributed by atoms with Gasteiger partial charge >= 0.3 is 0 Å². The van der Waals surface area contributed by atoms with Gasteiger partial charge in [-0.15, -0.1) is 0 Å². The predicted octanol–water partition coefficient (Wildman–Crippen LogP) is 5.25. The number of hydrogen-bond acceptors (Lipinski definition) is 1. The first-order chi connectivity index (χ1) is 10.6. The summed E-state index contributed by atoms with van der Waals surface area (Å²) >= 11 is 0. The fourth-order valence-corrected chi connectivity index (χ4v) is 2.93. The standard InChI is InChI=1S/C19H20FNO/c1-13(2)21-17(10-15-7-4-6-14(3)19(15)21)12-22-18-9-5-8-16(20)11-18/h4-11,13H,12H2,1-3H3. The van der Waals surface area contributed by atoms with Gasteiger partial charge in [-0.25, -0.2) is 4.39 Å². The van der Waals surface area contributed by atoms with Crippen molar-refractivity contribution in [3.8, 4) is 5.75 Å². The van der Waals surface area contributed by atoms with Crippen LogP contribution in [0.1, 0.15) is 31.1 Å². The van der Waals surface area contributed by atoms with Gasteiger partial charge in [0.15, 0.2) is 0 Å². The number of fused-ring (bicyclic) bond motifs is 1. The van der Waals surface area contributed by atoms with Crippen LogP contribution in [0.25, 0.3) is 10.9 Å². The van der Waals surface area contributed by atoms with Gasteiger partial charge in [0, 0.05) is 17.5 Å². The molecule has 3 aromatic rings. The van der Waals surface area contributed by atoms with Crippen molar-refractivity contribution >= 4 is 10.9 Å². The highest BCUT2D eigenvalue weighted by atomic mass is 19.1. The Labute approximate surface area is 130 Å². The van der Waals surface area contributed by atoms with E-state index in [1.807, 2.05) is 0 Å². The number of para-hydroxylation sites is 1. The van der Waals surface area contributed by atoms with Gasteiger partial charge in [-0.1, -0.05) is 24.3 Å². The molecule has 0 spiro atoms. The van der Waals surface area contributed by atoms with Crippen LogP contribution in [0.5, 0.6) is 5.75 Å². The van der Waals surface area contributed by atoms with Crippen molar-refractivity contribution in [2.75, 3.05) is 0 Å². The molecule has 3 rings (SSSR count). The molecule has 0 atom stereocenters. The minimum atomic E-state index is -0.280. The quantitative estimate of drug-likeness (QED) is 0.641. The Bertz CT molecular complexity index is 804. The maximum absolute atomic E-state index is 13.2. The fraction of sp³-hybridized carbons (Fsp3) is 0.263. The van der Waals surface area contributed by atoms with Crippen molar-refractivity contribution in [2.24, 2.45) is 0 Å². The summed E-state index contributed by atoms with van der Waals surface area (Å²) in [5.74, 6) is 0.273. The van der Waals surface area contributed by atoms with E-state index in [1.54, 1.807) is 12.1 Å². The molecule has 22 heavy (non-hydrogen) atoms. The molecule has 0 fully saturated rings. The van der Waals surface area contributed by atoms with Crippen LogP contribution in [0.2, 0.25) is 0 Å². The molecule has 1 aromatic heterocycles. The van der Waals surface area contributed by atoms with E-state index < -0.39 is 0 Å². The largest absolute Gasteiger partial charge is 0.487 e. The van der Waals surface area contributed by atoms with E-state index in [1.165, 1.54) is 28.6 Å². The molecule has 0 bridgehead atoms. The Hall–Kier alpha value is -2.29. The molecule has 0 unspecified atom stereocenters. The van der Waals surface area contributed by atoms with Crippen molar-refractivity contribution in [1.82, 2.24) is 4.57 Å². The second-order valence-electron chi connectivity index (χ2n) is 5.86. The molecule has 2 aromatic carbocycles. The van der Waals surface area contributed by atoms with Crippen LogP contribution in [-0.4, -0.2) is 4.57 Å².